The second-order valence-corrected chi connectivity index (χ2v) is 5.90. The molecule has 0 radical (unpaired) electrons. The normalized spacial score (nSPS) is 20.5. The number of hydrogen-bond donors (Lipinski definition) is 1. The van der Waals surface area contributed by atoms with E-state index in [0.29, 0.717) is 16.3 Å². The monoisotopic (exact) mass is 332 g/mol. The Hall–Kier alpha value is -2.24. The molecule has 118 valence electrons. The van der Waals surface area contributed by atoms with Gasteiger partial charge < -0.3 is 5.11 Å². The Morgan fingerprint density at radius 2 is 1.83 bits per heavy atom. The minimum absolute atomic E-state index is 0.196. The quantitative estimate of drug-likeness (QED) is 0.914. The fourth-order valence-electron chi connectivity index (χ4n) is 2.59. The average molecular weight is 333 g/mol. The molecular formula is C17H14ClFN2O2. The van der Waals surface area contributed by atoms with Crippen molar-refractivity contribution in [2.75, 3.05) is 0 Å². The minimum Gasteiger partial charge on any atom is -0.365 e. The van der Waals surface area contributed by atoms with Crippen molar-refractivity contribution < 1.29 is 14.3 Å². The first-order valence-corrected chi connectivity index (χ1v) is 7.40. The van der Waals surface area contributed by atoms with Gasteiger partial charge in [-0.15, -0.1) is 0 Å². The summed E-state index contributed by atoms with van der Waals surface area (Å²) >= 11 is 5.88. The number of hydrogen-bond acceptors (Lipinski definition) is 3. The highest BCUT2D eigenvalue weighted by atomic mass is 35.5. The van der Waals surface area contributed by atoms with Crippen molar-refractivity contribution in [3.05, 3.63) is 70.5 Å². The summed E-state index contributed by atoms with van der Waals surface area (Å²) in [5, 5.41) is 16.8. The fourth-order valence-corrected chi connectivity index (χ4v) is 2.72. The smallest absolute Gasteiger partial charge is 0.276 e. The molecule has 1 heterocycles. The zero-order chi connectivity index (χ0) is 16.6. The maximum Gasteiger partial charge on any atom is 0.276 e. The maximum absolute atomic E-state index is 13.0. The van der Waals surface area contributed by atoms with Crippen LogP contribution >= 0.6 is 11.6 Å². The molecule has 1 amide bonds. The Kier molecular flexibility index (Phi) is 3.92. The van der Waals surface area contributed by atoms with Gasteiger partial charge in [0.2, 0.25) is 0 Å². The van der Waals surface area contributed by atoms with Crippen LogP contribution in [0.4, 0.5) is 4.39 Å². The number of carbonyl (C=O) groups excluding carboxylic acids is 1. The van der Waals surface area contributed by atoms with Gasteiger partial charge in [-0.05, 0) is 43.3 Å². The van der Waals surface area contributed by atoms with E-state index in [4.69, 9.17) is 11.6 Å². The lowest BCUT2D eigenvalue weighted by molar-refractivity contribution is -0.0765. The summed E-state index contributed by atoms with van der Waals surface area (Å²) in [6, 6.07) is 11.7. The molecular weight excluding hydrogens is 319 g/mol. The Labute approximate surface area is 137 Å². The molecule has 0 aromatic heterocycles. The van der Waals surface area contributed by atoms with Crippen LogP contribution in [0.15, 0.2) is 53.6 Å². The summed E-state index contributed by atoms with van der Waals surface area (Å²) in [7, 11) is 0. The number of nitrogens with zero attached hydrogens (tertiary/aromatic N) is 2. The predicted molar refractivity (Wildman–Crippen MR) is 85.6 cm³/mol. The van der Waals surface area contributed by atoms with Gasteiger partial charge in [-0.2, -0.15) is 10.1 Å². The summed E-state index contributed by atoms with van der Waals surface area (Å²) in [6.45, 7) is 1.73. The van der Waals surface area contributed by atoms with E-state index in [1.807, 2.05) is 0 Å². The maximum atomic E-state index is 13.0. The van der Waals surface area contributed by atoms with Crippen LogP contribution in [-0.2, 0) is 5.72 Å². The molecule has 6 heteroatoms. The van der Waals surface area contributed by atoms with Crippen LogP contribution in [0.3, 0.4) is 0 Å². The van der Waals surface area contributed by atoms with Gasteiger partial charge in [-0.25, -0.2) is 4.39 Å². The third-order valence-electron chi connectivity index (χ3n) is 3.71. The van der Waals surface area contributed by atoms with Crippen molar-refractivity contribution in [3.63, 3.8) is 0 Å². The Bertz CT molecular complexity index is 774. The lowest BCUT2D eigenvalue weighted by Crippen LogP contribution is -2.43. The summed E-state index contributed by atoms with van der Waals surface area (Å²) in [5.41, 5.74) is -0.201. The molecule has 1 N–H and O–H groups in total. The van der Waals surface area contributed by atoms with E-state index in [1.165, 1.54) is 24.3 Å². The fraction of sp³-hybridized carbons (Fsp3) is 0.176. The van der Waals surface area contributed by atoms with Crippen LogP contribution < -0.4 is 0 Å². The standard InChI is InChI=1S/C17H14ClFN2O2/c1-11-10-17(23,13-4-6-14(18)7-5-13)21(20-11)16(22)12-2-8-15(19)9-3-12/h2-9,23H,10H2,1H3/t17-/m0/s1. The lowest BCUT2D eigenvalue weighted by Gasteiger charge is -2.31. The average Bonchev–Trinajstić information content (AvgIpc) is 2.84. The number of carbonyl (C=O) groups is 1. The van der Waals surface area contributed by atoms with Crippen molar-refractivity contribution in [2.45, 2.75) is 19.1 Å². The van der Waals surface area contributed by atoms with Crippen LogP contribution in [0.2, 0.25) is 5.02 Å². The Balaban J connectivity index is 1.99. The van der Waals surface area contributed by atoms with E-state index < -0.39 is 17.4 Å². The third kappa shape index (κ3) is 2.85. The molecule has 0 unspecified atom stereocenters. The van der Waals surface area contributed by atoms with E-state index in [1.54, 1.807) is 31.2 Å². The number of halogens is 2. The number of amides is 1. The molecule has 0 spiro atoms. The number of aliphatic hydroxyl groups is 1. The Morgan fingerprint density at radius 1 is 1.22 bits per heavy atom. The molecule has 4 nitrogen and oxygen atoms in total. The van der Waals surface area contributed by atoms with Gasteiger partial charge in [0.25, 0.3) is 5.91 Å². The zero-order valence-corrected chi connectivity index (χ0v) is 13.1. The molecule has 1 aliphatic heterocycles. The molecule has 1 aliphatic rings. The van der Waals surface area contributed by atoms with Gasteiger partial charge >= 0.3 is 0 Å². The van der Waals surface area contributed by atoms with Crippen LogP contribution in [-0.4, -0.2) is 21.7 Å². The van der Waals surface area contributed by atoms with Crippen molar-refractivity contribution in [3.8, 4) is 0 Å². The molecule has 2 aromatic rings. The highest BCUT2D eigenvalue weighted by Crippen LogP contribution is 2.36. The Morgan fingerprint density at radius 3 is 2.43 bits per heavy atom. The van der Waals surface area contributed by atoms with Gasteiger partial charge in [0.05, 0.1) is 0 Å². The van der Waals surface area contributed by atoms with Crippen LogP contribution in [0.1, 0.15) is 29.3 Å². The highest BCUT2D eigenvalue weighted by molar-refractivity contribution is 6.30. The van der Waals surface area contributed by atoms with Crippen molar-refractivity contribution in [1.82, 2.24) is 5.01 Å². The van der Waals surface area contributed by atoms with Gasteiger partial charge in [-0.1, -0.05) is 23.7 Å². The van der Waals surface area contributed by atoms with Crippen molar-refractivity contribution in [1.29, 1.82) is 0 Å². The van der Waals surface area contributed by atoms with Crippen LogP contribution in [0.5, 0.6) is 0 Å². The number of hydrazone groups is 1. The molecule has 0 saturated carbocycles. The SMILES string of the molecule is CC1=NN(C(=O)c2ccc(F)cc2)[C@@](O)(c2ccc(Cl)cc2)C1. The van der Waals surface area contributed by atoms with Gasteiger partial charge in [0.1, 0.15) is 5.82 Å². The largest absolute Gasteiger partial charge is 0.365 e. The first-order valence-electron chi connectivity index (χ1n) is 7.03. The molecule has 0 saturated heterocycles. The van der Waals surface area contributed by atoms with Gasteiger partial charge in [-0.3, -0.25) is 4.79 Å². The van der Waals surface area contributed by atoms with Crippen molar-refractivity contribution in [2.24, 2.45) is 5.10 Å². The molecule has 0 fully saturated rings. The predicted octanol–water partition coefficient (Wildman–Crippen LogP) is 3.55. The summed E-state index contributed by atoms with van der Waals surface area (Å²) in [5.74, 6) is -0.935. The molecule has 0 aliphatic carbocycles. The molecule has 0 bridgehead atoms. The first-order chi connectivity index (χ1) is 10.9. The van der Waals surface area contributed by atoms with Crippen molar-refractivity contribution >= 4 is 23.2 Å². The number of benzene rings is 2. The lowest BCUT2D eigenvalue weighted by atomic mass is 9.97. The summed E-state index contributed by atoms with van der Waals surface area (Å²) in [6.07, 6.45) is 0.196. The topological polar surface area (TPSA) is 52.9 Å². The van der Waals surface area contributed by atoms with Crippen LogP contribution in [0.25, 0.3) is 0 Å². The third-order valence-corrected chi connectivity index (χ3v) is 3.97. The minimum atomic E-state index is -1.58. The van der Waals surface area contributed by atoms with E-state index in [0.717, 1.165) is 5.01 Å². The van der Waals surface area contributed by atoms with Crippen LogP contribution in [0, 0.1) is 5.82 Å². The molecule has 3 rings (SSSR count). The summed E-state index contributed by atoms with van der Waals surface area (Å²) in [4.78, 5) is 12.7. The first kappa shape index (κ1) is 15.6. The van der Waals surface area contributed by atoms with E-state index in [9.17, 15) is 14.3 Å². The second kappa shape index (κ2) is 5.76. The molecule has 2 aromatic carbocycles. The highest BCUT2D eigenvalue weighted by Gasteiger charge is 2.45. The summed E-state index contributed by atoms with van der Waals surface area (Å²) < 4.78 is 13.0. The van der Waals surface area contributed by atoms with E-state index in [-0.39, 0.29) is 12.0 Å². The molecule has 1 atom stereocenters. The van der Waals surface area contributed by atoms with Gasteiger partial charge in [0.15, 0.2) is 5.72 Å². The van der Waals surface area contributed by atoms with E-state index >= 15 is 0 Å². The molecule has 23 heavy (non-hydrogen) atoms. The van der Waals surface area contributed by atoms with Gasteiger partial charge in [0, 0.05) is 28.3 Å². The van der Waals surface area contributed by atoms with E-state index in [2.05, 4.69) is 5.10 Å². The second-order valence-electron chi connectivity index (χ2n) is 5.46. The zero-order valence-electron chi connectivity index (χ0n) is 12.3. The number of rotatable bonds is 2.